The van der Waals surface area contributed by atoms with E-state index in [1.165, 1.54) is 19.3 Å². The van der Waals surface area contributed by atoms with Crippen LogP contribution in [0.1, 0.15) is 18.1 Å². The number of hydrogen-bond acceptors (Lipinski definition) is 4. The fourth-order valence-corrected chi connectivity index (χ4v) is 3.87. The number of pyridine rings is 1. The third-order valence-corrected chi connectivity index (χ3v) is 5.95. The average Bonchev–Trinajstić information content (AvgIpc) is 2.80. The quantitative estimate of drug-likeness (QED) is 0.120. The van der Waals surface area contributed by atoms with Crippen LogP contribution in [0.25, 0.3) is 0 Å². The first-order chi connectivity index (χ1) is 16.4. The second-order valence-corrected chi connectivity index (χ2v) is 8.60. The molecule has 2 aromatic carbocycles. The highest BCUT2D eigenvalue weighted by molar-refractivity contribution is 8.00. The molecule has 0 aliphatic heterocycles. The first-order valence-corrected chi connectivity index (χ1v) is 10.8. The maximum atomic E-state index is 14.1. The van der Waals surface area contributed by atoms with E-state index in [9.17, 15) is 35.5 Å². The topological polar surface area (TPSA) is 54.4 Å². The number of amides is 1. The molecule has 1 heterocycles. The number of para-hydroxylation sites is 1. The fourth-order valence-electron chi connectivity index (χ4n) is 2.76. The summed E-state index contributed by atoms with van der Waals surface area (Å²) in [7, 11) is 0. The fraction of sp³-hybridized carbons (Fsp3) is 0.136. The molecule has 13 heteroatoms. The molecule has 1 atom stereocenters. The van der Waals surface area contributed by atoms with Crippen molar-refractivity contribution in [3.8, 4) is 0 Å². The zero-order valence-corrected chi connectivity index (χ0v) is 19.0. The van der Waals surface area contributed by atoms with Crippen molar-refractivity contribution in [2.24, 2.45) is 4.99 Å². The lowest BCUT2D eigenvalue weighted by molar-refractivity contribution is -0.143. The van der Waals surface area contributed by atoms with E-state index in [2.05, 4.69) is 9.98 Å². The van der Waals surface area contributed by atoms with Crippen LogP contribution in [0.4, 0.5) is 42.1 Å². The van der Waals surface area contributed by atoms with Gasteiger partial charge in [-0.1, -0.05) is 23.7 Å². The first-order valence-electron chi connectivity index (χ1n) is 9.56. The van der Waals surface area contributed by atoms with Gasteiger partial charge in [-0.05, 0) is 31.2 Å². The molecule has 184 valence electrons. The van der Waals surface area contributed by atoms with Crippen molar-refractivity contribution in [3.05, 3.63) is 82.1 Å². The van der Waals surface area contributed by atoms with Gasteiger partial charge < -0.3 is 5.32 Å². The van der Waals surface area contributed by atoms with Crippen molar-refractivity contribution < 1.29 is 35.5 Å². The molecule has 4 nitrogen and oxygen atoms in total. The standard InChI is InChI=1S/C22H13ClF7N3OS/c1-10(21(34)33-19-17(26)15(24)14(22(28,29)30)16(25)18(19)27)35-13-7-3-2-6-12(13)32-9-11-5-4-8-31-20(11)23/h2-10H,1H3,(H,33,34)/t10-/m0/s1. The largest absolute Gasteiger partial charge is 0.422 e. The van der Waals surface area contributed by atoms with Gasteiger partial charge in [-0.15, -0.1) is 11.8 Å². The number of carbonyl (C=O) groups excluding carboxylic acids is 1. The molecule has 1 aromatic heterocycles. The van der Waals surface area contributed by atoms with Crippen LogP contribution in [0.2, 0.25) is 5.15 Å². The predicted molar refractivity (Wildman–Crippen MR) is 118 cm³/mol. The van der Waals surface area contributed by atoms with Gasteiger partial charge in [0.1, 0.15) is 16.4 Å². The number of nitrogens with one attached hydrogen (secondary N) is 1. The zero-order chi connectivity index (χ0) is 25.9. The van der Waals surface area contributed by atoms with Gasteiger partial charge >= 0.3 is 6.18 Å². The molecular formula is C22H13ClF7N3OS. The van der Waals surface area contributed by atoms with Gasteiger partial charge in [0, 0.05) is 22.9 Å². The van der Waals surface area contributed by atoms with Crippen LogP contribution in [-0.4, -0.2) is 22.4 Å². The minimum absolute atomic E-state index is 0.203. The normalized spacial score (nSPS) is 12.7. The molecule has 0 aliphatic rings. The molecule has 0 spiro atoms. The van der Waals surface area contributed by atoms with Crippen LogP contribution < -0.4 is 5.32 Å². The number of halogens is 8. The van der Waals surface area contributed by atoms with Gasteiger partial charge in [-0.3, -0.25) is 9.79 Å². The Morgan fingerprint density at radius 3 is 2.29 bits per heavy atom. The number of benzene rings is 2. The van der Waals surface area contributed by atoms with Crippen molar-refractivity contribution >= 4 is 46.9 Å². The van der Waals surface area contributed by atoms with Crippen molar-refractivity contribution in [2.45, 2.75) is 23.2 Å². The number of anilines is 1. The van der Waals surface area contributed by atoms with E-state index in [0.29, 0.717) is 16.1 Å². The van der Waals surface area contributed by atoms with Crippen LogP contribution in [0.5, 0.6) is 0 Å². The Labute approximate surface area is 203 Å². The number of nitrogens with zero attached hydrogens (tertiary/aromatic N) is 2. The smallest absolute Gasteiger partial charge is 0.320 e. The molecule has 0 fully saturated rings. The summed E-state index contributed by atoms with van der Waals surface area (Å²) in [5, 5.41) is 0.715. The highest BCUT2D eigenvalue weighted by Gasteiger charge is 2.42. The Kier molecular flexibility index (Phi) is 8.06. The monoisotopic (exact) mass is 535 g/mol. The van der Waals surface area contributed by atoms with Gasteiger partial charge in [0.25, 0.3) is 0 Å². The first kappa shape index (κ1) is 26.5. The molecule has 3 rings (SSSR count). The number of thioether (sulfide) groups is 1. The van der Waals surface area contributed by atoms with Gasteiger partial charge in [-0.2, -0.15) is 13.2 Å². The van der Waals surface area contributed by atoms with Crippen LogP contribution >= 0.6 is 23.4 Å². The van der Waals surface area contributed by atoms with Crippen LogP contribution in [0.3, 0.4) is 0 Å². The SMILES string of the molecule is C[C@H](Sc1ccccc1N=Cc1cccnc1Cl)C(=O)Nc1c(F)c(F)c(C(F)(F)F)c(F)c1F. The van der Waals surface area contributed by atoms with E-state index in [-0.39, 0.29) is 5.15 Å². The van der Waals surface area contributed by atoms with Gasteiger partial charge in [0.2, 0.25) is 5.91 Å². The molecule has 1 N–H and O–H groups in total. The maximum Gasteiger partial charge on any atom is 0.422 e. The van der Waals surface area contributed by atoms with E-state index in [4.69, 9.17) is 11.6 Å². The summed E-state index contributed by atoms with van der Waals surface area (Å²) in [6, 6.07) is 9.79. The molecule has 1 amide bonds. The number of aliphatic imine (C=N–C) groups is 1. The molecular weight excluding hydrogens is 523 g/mol. The Morgan fingerprint density at radius 1 is 1.06 bits per heavy atom. The van der Waals surface area contributed by atoms with Crippen molar-refractivity contribution in [1.29, 1.82) is 0 Å². The Morgan fingerprint density at radius 2 is 1.69 bits per heavy atom. The van der Waals surface area contributed by atoms with Crippen LogP contribution in [0.15, 0.2) is 52.5 Å². The summed E-state index contributed by atoms with van der Waals surface area (Å²) in [6.07, 6.45) is -2.77. The third kappa shape index (κ3) is 5.93. The second kappa shape index (κ2) is 10.6. The third-order valence-electron chi connectivity index (χ3n) is 4.46. The van der Waals surface area contributed by atoms with E-state index in [1.54, 1.807) is 41.7 Å². The molecule has 0 saturated heterocycles. The van der Waals surface area contributed by atoms with Gasteiger partial charge in [0.15, 0.2) is 23.3 Å². The molecule has 0 bridgehead atoms. The highest BCUT2D eigenvalue weighted by Crippen LogP contribution is 2.39. The summed E-state index contributed by atoms with van der Waals surface area (Å²) in [4.78, 5) is 21.1. The summed E-state index contributed by atoms with van der Waals surface area (Å²) in [5.41, 5.74) is -3.49. The molecule has 0 unspecified atom stereocenters. The van der Waals surface area contributed by atoms with Crippen LogP contribution in [-0.2, 0) is 11.0 Å². The lowest BCUT2D eigenvalue weighted by Gasteiger charge is -2.17. The van der Waals surface area contributed by atoms with E-state index < -0.39 is 51.9 Å². The van der Waals surface area contributed by atoms with E-state index >= 15 is 0 Å². The second-order valence-electron chi connectivity index (χ2n) is 6.86. The summed E-state index contributed by atoms with van der Waals surface area (Å²) >= 11 is 6.86. The maximum absolute atomic E-state index is 14.1. The lowest BCUT2D eigenvalue weighted by atomic mass is 10.1. The highest BCUT2D eigenvalue weighted by atomic mass is 35.5. The van der Waals surface area contributed by atoms with Gasteiger partial charge in [-0.25, -0.2) is 22.5 Å². The number of carbonyl (C=O) groups is 1. The number of alkyl halides is 3. The Hall–Kier alpha value is -3.12. The molecule has 3 aromatic rings. The number of rotatable bonds is 6. The zero-order valence-electron chi connectivity index (χ0n) is 17.4. The summed E-state index contributed by atoms with van der Waals surface area (Å²) in [5.74, 6) is -11.2. The number of hydrogen-bond donors (Lipinski definition) is 1. The van der Waals surface area contributed by atoms with E-state index in [1.807, 2.05) is 0 Å². The Bertz CT molecular complexity index is 1270. The van der Waals surface area contributed by atoms with Gasteiger partial charge in [0.05, 0.1) is 10.9 Å². The molecule has 0 aliphatic carbocycles. The van der Waals surface area contributed by atoms with E-state index in [0.717, 1.165) is 11.8 Å². The lowest BCUT2D eigenvalue weighted by Crippen LogP contribution is -2.25. The molecule has 35 heavy (non-hydrogen) atoms. The van der Waals surface area contributed by atoms with Crippen molar-refractivity contribution in [2.75, 3.05) is 5.32 Å². The Balaban J connectivity index is 1.83. The minimum atomic E-state index is -5.69. The minimum Gasteiger partial charge on any atom is -0.320 e. The predicted octanol–water partition coefficient (Wildman–Crippen LogP) is 7.18. The van der Waals surface area contributed by atoms with Crippen molar-refractivity contribution in [1.82, 2.24) is 4.98 Å². The van der Waals surface area contributed by atoms with Crippen LogP contribution in [0, 0.1) is 23.3 Å². The molecule has 0 radical (unpaired) electrons. The number of aromatic nitrogens is 1. The van der Waals surface area contributed by atoms with Crippen molar-refractivity contribution in [3.63, 3.8) is 0 Å². The molecule has 0 saturated carbocycles. The summed E-state index contributed by atoms with van der Waals surface area (Å²) in [6.45, 7) is 1.31. The average molecular weight is 536 g/mol. The summed E-state index contributed by atoms with van der Waals surface area (Å²) < 4.78 is 94.1.